The topological polar surface area (TPSA) is 84.2 Å². The van der Waals surface area contributed by atoms with Gasteiger partial charge in [0.05, 0.1) is 0 Å². The number of hydrogen-bond acceptors (Lipinski definition) is 3. The van der Waals surface area contributed by atoms with Crippen molar-refractivity contribution in [3.8, 4) is 0 Å². The average molecular weight is 287 g/mol. The lowest BCUT2D eigenvalue weighted by Crippen LogP contribution is -2.51. The third-order valence-corrected chi connectivity index (χ3v) is 3.54. The van der Waals surface area contributed by atoms with Gasteiger partial charge in [-0.1, -0.05) is 37.3 Å². The first-order chi connectivity index (χ1) is 10.0. The number of carboxylic acids is 1. The number of carbonyl (C=O) groups excluding carboxylic acids is 1. The molecule has 2 rings (SSSR count). The van der Waals surface area contributed by atoms with Crippen LogP contribution in [0.25, 0.3) is 0 Å². The molecule has 0 aliphatic heterocycles. The van der Waals surface area contributed by atoms with Crippen LogP contribution in [0.4, 0.5) is 0 Å². The minimum Gasteiger partial charge on any atom is -0.479 e. The number of carbonyl (C=O) groups is 2. The molecule has 0 aliphatic rings. The van der Waals surface area contributed by atoms with Crippen LogP contribution in [0.1, 0.15) is 29.4 Å². The molecule has 0 radical (unpaired) electrons. The molecule has 2 aromatic rings. The van der Waals surface area contributed by atoms with Crippen LogP contribution in [-0.4, -0.2) is 26.8 Å². The molecule has 0 spiro atoms. The zero-order chi connectivity index (χ0) is 15.5. The zero-order valence-corrected chi connectivity index (χ0v) is 11.9. The Morgan fingerprint density at radius 2 is 1.95 bits per heavy atom. The van der Waals surface area contributed by atoms with E-state index in [9.17, 15) is 14.7 Å². The van der Waals surface area contributed by atoms with Crippen molar-refractivity contribution in [3.05, 3.63) is 53.9 Å². The average Bonchev–Trinajstić information content (AvgIpc) is 2.91. The van der Waals surface area contributed by atoms with Crippen LogP contribution in [0.15, 0.2) is 42.6 Å². The summed E-state index contributed by atoms with van der Waals surface area (Å²) in [6.07, 6.45) is 1.72. The molecule has 1 unspecified atom stereocenters. The van der Waals surface area contributed by atoms with Crippen molar-refractivity contribution in [2.24, 2.45) is 7.05 Å². The van der Waals surface area contributed by atoms with Crippen LogP contribution in [0, 0.1) is 0 Å². The summed E-state index contributed by atoms with van der Waals surface area (Å²) < 4.78 is 1.41. The van der Waals surface area contributed by atoms with Crippen molar-refractivity contribution in [3.63, 3.8) is 0 Å². The number of aliphatic carboxylic acids is 1. The minimum absolute atomic E-state index is 0.232. The Bertz CT molecular complexity index is 651. The molecule has 110 valence electrons. The fraction of sp³-hybridized carbons (Fsp3) is 0.267. The van der Waals surface area contributed by atoms with Crippen molar-refractivity contribution in [1.29, 1.82) is 0 Å². The number of aromatic nitrogens is 2. The first-order valence-corrected chi connectivity index (χ1v) is 6.60. The fourth-order valence-corrected chi connectivity index (χ4v) is 2.27. The van der Waals surface area contributed by atoms with Crippen molar-refractivity contribution >= 4 is 11.9 Å². The van der Waals surface area contributed by atoms with E-state index in [4.69, 9.17) is 0 Å². The van der Waals surface area contributed by atoms with Crippen LogP contribution in [0.3, 0.4) is 0 Å². The van der Waals surface area contributed by atoms with Gasteiger partial charge >= 0.3 is 5.97 Å². The second-order valence-electron chi connectivity index (χ2n) is 4.72. The quantitative estimate of drug-likeness (QED) is 0.873. The van der Waals surface area contributed by atoms with Crippen LogP contribution in [-0.2, 0) is 17.4 Å². The Kier molecular flexibility index (Phi) is 4.07. The molecule has 0 saturated carbocycles. The third-order valence-electron chi connectivity index (χ3n) is 3.54. The highest BCUT2D eigenvalue weighted by molar-refractivity contribution is 5.97. The molecule has 6 heteroatoms. The smallest absolute Gasteiger partial charge is 0.334 e. The van der Waals surface area contributed by atoms with Gasteiger partial charge in [0.25, 0.3) is 5.91 Å². The number of carboxylic acid groups (broad SMARTS) is 1. The van der Waals surface area contributed by atoms with E-state index in [1.807, 2.05) is 0 Å². The maximum Gasteiger partial charge on any atom is 0.334 e. The Hall–Kier alpha value is -2.63. The molecule has 1 aromatic carbocycles. The predicted octanol–water partition coefficient (Wildman–Crippen LogP) is 1.54. The number of nitrogens with zero attached hydrogens (tertiary/aromatic N) is 2. The summed E-state index contributed by atoms with van der Waals surface area (Å²) in [6.45, 7) is 1.73. The largest absolute Gasteiger partial charge is 0.479 e. The molecule has 1 atom stereocenters. The van der Waals surface area contributed by atoms with Gasteiger partial charge in [-0.2, -0.15) is 5.10 Å². The summed E-state index contributed by atoms with van der Waals surface area (Å²) in [5.41, 5.74) is -0.608. The molecule has 1 amide bonds. The molecule has 1 heterocycles. The van der Waals surface area contributed by atoms with Crippen LogP contribution in [0.5, 0.6) is 0 Å². The van der Waals surface area contributed by atoms with Gasteiger partial charge in [-0.05, 0) is 18.1 Å². The highest BCUT2D eigenvalue weighted by Crippen LogP contribution is 2.26. The summed E-state index contributed by atoms with van der Waals surface area (Å²) in [6, 6.07) is 10.2. The normalized spacial score (nSPS) is 13.4. The molecule has 0 saturated heterocycles. The number of benzene rings is 1. The highest BCUT2D eigenvalue weighted by atomic mass is 16.4. The monoisotopic (exact) mass is 287 g/mol. The lowest BCUT2D eigenvalue weighted by Gasteiger charge is -2.29. The predicted molar refractivity (Wildman–Crippen MR) is 76.7 cm³/mol. The van der Waals surface area contributed by atoms with Gasteiger partial charge < -0.3 is 10.4 Å². The third kappa shape index (κ3) is 2.65. The van der Waals surface area contributed by atoms with Crippen molar-refractivity contribution in [1.82, 2.24) is 15.1 Å². The number of rotatable bonds is 5. The first-order valence-electron chi connectivity index (χ1n) is 6.60. The van der Waals surface area contributed by atoms with E-state index in [2.05, 4.69) is 10.4 Å². The number of nitrogens with one attached hydrogen (secondary N) is 1. The van der Waals surface area contributed by atoms with E-state index in [1.165, 1.54) is 10.9 Å². The van der Waals surface area contributed by atoms with Gasteiger partial charge in [0.15, 0.2) is 5.54 Å². The van der Waals surface area contributed by atoms with Gasteiger partial charge in [0.1, 0.15) is 5.69 Å². The highest BCUT2D eigenvalue weighted by Gasteiger charge is 2.40. The molecule has 0 bridgehead atoms. The lowest BCUT2D eigenvalue weighted by atomic mass is 9.87. The maximum absolute atomic E-state index is 12.3. The Morgan fingerprint density at radius 1 is 1.29 bits per heavy atom. The minimum atomic E-state index is -1.46. The van der Waals surface area contributed by atoms with Gasteiger partial charge in [0.2, 0.25) is 0 Å². The van der Waals surface area contributed by atoms with Crippen molar-refractivity contribution in [2.75, 3.05) is 0 Å². The van der Waals surface area contributed by atoms with Crippen molar-refractivity contribution in [2.45, 2.75) is 18.9 Å². The van der Waals surface area contributed by atoms with Gasteiger partial charge in [-0.15, -0.1) is 0 Å². The fourth-order valence-electron chi connectivity index (χ4n) is 2.27. The number of hydrogen-bond donors (Lipinski definition) is 2. The summed E-state index contributed by atoms with van der Waals surface area (Å²) >= 11 is 0. The molecule has 21 heavy (non-hydrogen) atoms. The van der Waals surface area contributed by atoms with Crippen molar-refractivity contribution < 1.29 is 14.7 Å². The van der Waals surface area contributed by atoms with E-state index in [0.29, 0.717) is 11.3 Å². The molecular weight excluding hydrogens is 270 g/mol. The molecule has 2 N–H and O–H groups in total. The maximum atomic E-state index is 12.3. The summed E-state index contributed by atoms with van der Waals surface area (Å²) in [7, 11) is 1.63. The van der Waals surface area contributed by atoms with E-state index in [1.54, 1.807) is 50.4 Å². The van der Waals surface area contributed by atoms with Gasteiger partial charge in [-0.25, -0.2) is 4.79 Å². The second kappa shape index (κ2) is 5.78. The molecule has 1 aromatic heterocycles. The number of aryl methyl sites for hydroxylation is 1. The van der Waals surface area contributed by atoms with E-state index in [0.717, 1.165) is 0 Å². The molecule has 6 nitrogen and oxygen atoms in total. The summed E-state index contributed by atoms with van der Waals surface area (Å²) in [4.78, 5) is 24.1. The SMILES string of the molecule is CCC(NC(=O)c1ccnn1C)(C(=O)O)c1ccccc1. The second-order valence-corrected chi connectivity index (χ2v) is 4.72. The van der Waals surface area contributed by atoms with Gasteiger partial charge in [0, 0.05) is 13.2 Å². The molecule has 0 aliphatic carbocycles. The Balaban J connectivity index is 2.41. The molecule has 0 fully saturated rings. The van der Waals surface area contributed by atoms with E-state index in [-0.39, 0.29) is 6.42 Å². The van der Waals surface area contributed by atoms with E-state index < -0.39 is 17.4 Å². The van der Waals surface area contributed by atoms with Crippen LogP contribution < -0.4 is 5.32 Å². The number of amides is 1. The van der Waals surface area contributed by atoms with E-state index >= 15 is 0 Å². The van der Waals surface area contributed by atoms with Crippen LogP contribution >= 0.6 is 0 Å². The lowest BCUT2D eigenvalue weighted by molar-refractivity contribution is -0.145. The standard InChI is InChI=1S/C15H17N3O3/c1-3-15(14(20)21,11-7-5-4-6-8-11)17-13(19)12-9-10-16-18(12)2/h4-10H,3H2,1-2H3,(H,17,19)(H,20,21). The summed E-state index contributed by atoms with van der Waals surface area (Å²) in [5.74, 6) is -1.56. The van der Waals surface area contributed by atoms with Crippen LogP contribution in [0.2, 0.25) is 0 Å². The Labute approximate surface area is 122 Å². The molecular formula is C15H17N3O3. The zero-order valence-electron chi connectivity index (χ0n) is 11.9. The first kappa shape index (κ1) is 14.8. The summed E-state index contributed by atoms with van der Waals surface area (Å²) in [5, 5.41) is 16.2. The Morgan fingerprint density at radius 3 is 2.43 bits per heavy atom. The van der Waals surface area contributed by atoms with Gasteiger partial charge in [-0.3, -0.25) is 9.48 Å².